The van der Waals surface area contributed by atoms with Gasteiger partial charge in [-0.2, -0.15) is 0 Å². The van der Waals surface area contributed by atoms with Crippen LogP contribution in [0.1, 0.15) is 245 Å². The maximum atomic E-state index is 12.3. The largest absolute Gasteiger partial charge is 0.462 e. The van der Waals surface area contributed by atoms with E-state index in [1.54, 1.807) is 0 Å². The molecule has 0 saturated carbocycles. The number of ether oxygens (including phenoxy) is 2. The summed E-state index contributed by atoms with van der Waals surface area (Å²) in [6, 6.07) is 0. The molecule has 1 N–H and O–H groups in total. The lowest BCUT2D eigenvalue weighted by atomic mass is 10.0. The fraction of sp³-hybridized carbons (Fsp3) is 0.719. The molecule has 0 spiro atoms. The van der Waals surface area contributed by atoms with Gasteiger partial charge in [-0.25, -0.2) is 0 Å². The van der Waals surface area contributed by atoms with Gasteiger partial charge in [0.05, 0.1) is 6.61 Å². The van der Waals surface area contributed by atoms with Gasteiger partial charge in [-0.1, -0.05) is 227 Å². The van der Waals surface area contributed by atoms with Gasteiger partial charge in [0.15, 0.2) is 6.10 Å². The predicted octanol–water partition coefficient (Wildman–Crippen LogP) is 17.4. The van der Waals surface area contributed by atoms with Crippen molar-refractivity contribution in [2.45, 2.75) is 251 Å². The third-order valence-electron chi connectivity index (χ3n) is 11.2. The number of hydrogen-bond acceptors (Lipinski definition) is 5. The zero-order valence-electron chi connectivity index (χ0n) is 40.6. The fourth-order valence-corrected chi connectivity index (χ4v) is 7.26. The van der Waals surface area contributed by atoms with Gasteiger partial charge in [0, 0.05) is 12.8 Å². The van der Waals surface area contributed by atoms with Crippen molar-refractivity contribution in [3.05, 3.63) is 85.1 Å². The molecule has 5 heteroatoms. The zero-order valence-corrected chi connectivity index (χ0v) is 40.6. The number of aliphatic hydroxyl groups excluding tert-OH is 1. The summed E-state index contributed by atoms with van der Waals surface area (Å²) in [5.41, 5.74) is 0. The number of esters is 2. The fourth-order valence-electron chi connectivity index (χ4n) is 7.26. The standard InChI is InChI=1S/C57H98O5/c1-3-5-7-9-11-13-15-17-19-21-23-25-26-27-28-29-30-32-34-36-38-40-42-44-46-48-50-52-57(60)62-55(53-58)54-61-56(59)51-49-47-45-43-41-39-37-35-33-31-24-22-20-18-16-14-12-10-8-6-4-2/h5,7,11,13,16-19,22-25,27-28,55,58H,3-4,6,8-10,12,14-15,20-21,26,29-54H2,1-2H3/b7-5-,13-11-,18-16-,19-17-,24-22-,25-23-,28-27-. The van der Waals surface area contributed by atoms with E-state index in [2.05, 4.69) is 98.9 Å². The van der Waals surface area contributed by atoms with Gasteiger partial charge in [-0.3, -0.25) is 9.59 Å². The quantitative estimate of drug-likeness (QED) is 0.0375. The van der Waals surface area contributed by atoms with Gasteiger partial charge in [-0.15, -0.1) is 0 Å². The molecular weight excluding hydrogens is 765 g/mol. The Balaban J connectivity index is 3.53. The molecule has 0 aliphatic rings. The molecule has 62 heavy (non-hydrogen) atoms. The van der Waals surface area contributed by atoms with Gasteiger partial charge in [0.2, 0.25) is 0 Å². The minimum atomic E-state index is -0.780. The molecule has 5 nitrogen and oxygen atoms in total. The van der Waals surface area contributed by atoms with Crippen LogP contribution in [0.15, 0.2) is 85.1 Å². The van der Waals surface area contributed by atoms with Crippen LogP contribution in [-0.4, -0.2) is 36.4 Å². The lowest BCUT2D eigenvalue weighted by molar-refractivity contribution is -0.161. The Bertz CT molecular complexity index is 1160. The molecule has 1 atom stereocenters. The molecule has 0 radical (unpaired) electrons. The second kappa shape index (κ2) is 52.4. The summed E-state index contributed by atoms with van der Waals surface area (Å²) < 4.78 is 10.7. The Hall–Kier alpha value is -2.92. The average molecular weight is 863 g/mol. The number of hydrogen-bond donors (Lipinski definition) is 1. The average Bonchev–Trinajstić information content (AvgIpc) is 3.28. The van der Waals surface area contributed by atoms with E-state index in [0.717, 1.165) is 77.0 Å². The molecule has 0 aliphatic carbocycles. The van der Waals surface area contributed by atoms with Crippen LogP contribution in [0.5, 0.6) is 0 Å². The van der Waals surface area contributed by atoms with E-state index in [1.807, 2.05) is 0 Å². The highest BCUT2D eigenvalue weighted by Crippen LogP contribution is 2.15. The Morgan fingerprint density at radius 3 is 1.05 bits per heavy atom. The summed E-state index contributed by atoms with van der Waals surface area (Å²) in [5.74, 6) is -0.597. The van der Waals surface area contributed by atoms with Crippen LogP contribution in [-0.2, 0) is 19.1 Å². The highest BCUT2D eigenvalue weighted by Gasteiger charge is 2.16. The van der Waals surface area contributed by atoms with Gasteiger partial charge >= 0.3 is 11.9 Å². The topological polar surface area (TPSA) is 72.8 Å². The van der Waals surface area contributed by atoms with Crippen LogP contribution in [0.4, 0.5) is 0 Å². The van der Waals surface area contributed by atoms with Crippen molar-refractivity contribution in [3.63, 3.8) is 0 Å². The molecule has 356 valence electrons. The summed E-state index contributed by atoms with van der Waals surface area (Å²) in [6.45, 7) is 4.02. The highest BCUT2D eigenvalue weighted by molar-refractivity contribution is 5.70. The van der Waals surface area contributed by atoms with Gasteiger partial charge in [-0.05, 0) is 89.9 Å². The van der Waals surface area contributed by atoms with Crippen LogP contribution in [0, 0.1) is 0 Å². The highest BCUT2D eigenvalue weighted by atomic mass is 16.6. The molecular formula is C57H98O5. The maximum absolute atomic E-state index is 12.3. The molecule has 0 aromatic rings. The lowest BCUT2D eigenvalue weighted by Crippen LogP contribution is -2.28. The van der Waals surface area contributed by atoms with Crippen LogP contribution in [0.2, 0.25) is 0 Å². The first-order valence-corrected chi connectivity index (χ1v) is 26.1. The van der Waals surface area contributed by atoms with Crippen molar-refractivity contribution in [1.82, 2.24) is 0 Å². The Morgan fingerprint density at radius 1 is 0.387 bits per heavy atom. The Labute approximate surface area is 384 Å². The third kappa shape index (κ3) is 49.7. The van der Waals surface area contributed by atoms with Crippen molar-refractivity contribution < 1.29 is 24.2 Å². The first kappa shape index (κ1) is 59.1. The summed E-state index contributed by atoms with van der Waals surface area (Å²) in [6.07, 6.45) is 72.4. The van der Waals surface area contributed by atoms with E-state index >= 15 is 0 Å². The number of rotatable bonds is 47. The van der Waals surface area contributed by atoms with Crippen molar-refractivity contribution in [3.8, 4) is 0 Å². The van der Waals surface area contributed by atoms with Crippen LogP contribution in [0.25, 0.3) is 0 Å². The monoisotopic (exact) mass is 863 g/mol. The van der Waals surface area contributed by atoms with E-state index in [-0.39, 0.29) is 25.2 Å². The minimum Gasteiger partial charge on any atom is -0.462 e. The normalized spacial score (nSPS) is 12.9. The van der Waals surface area contributed by atoms with Crippen molar-refractivity contribution in [2.75, 3.05) is 13.2 Å². The predicted molar refractivity (Wildman–Crippen MR) is 269 cm³/mol. The molecule has 0 rings (SSSR count). The zero-order chi connectivity index (χ0) is 44.9. The Morgan fingerprint density at radius 2 is 0.694 bits per heavy atom. The number of unbranched alkanes of at least 4 members (excludes halogenated alkanes) is 25. The van der Waals surface area contributed by atoms with Crippen molar-refractivity contribution >= 4 is 11.9 Å². The van der Waals surface area contributed by atoms with E-state index in [9.17, 15) is 14.7 Å². The van der Waals surface area contributed by atoms with E-state index in [0.29, 0.717) is 12.8 Å². The lowest BCUT2D eigenvalue weighted by Gasteiger charge is -2.15. The first-order chi connectivity index (χ1) is 30.6. The third-order valence-corrected chi connectivity index (χ3v) is 11.2. The van der Waals surface area contributed by atoms with E-state index < -0.39 is 6.10 Å². The second-order valence-electron chi connectivity index (χ2n) is 17.2. The number of carbonyl (C=O) groups excluding carboxylic acids is 2. The number of aliphatic hydroxyl groups is 1. The van der Waals surface area contributed by atoms with Crippen molar-refractivity contribution in [2.24, 2.45) is 0 Å². The molecule has 0 aromatic heterocycles. The van der Waals surface area contributed by atoms with E-state index in [4.69, 9.17) is 9.47 Å². The molecule has 0 aliphatic heterocycles. The summed E-state index contributed by atoms with van der Waals surface area (Å²) >= 11 is 0. The molecule has 0 aromatic carbocycles. The molecule has 1 unspecified atom stereocenters. The Kier molecular flexibility index (Phi) is 50.0. The van der Waals surface area contributed by atoms with Gasteiger partial charge in [0.25, 0.3) is 0 Å². The molecule has 0 saturated heterocycles. The van der Waals surface area contributed by atoms with E-state index in [1.165, 1.54) is 141 Å². The molecule has 0 heterocycles. The summed E-state index contributed by atoms with van der Waals surface area (Å²) in [4.78, 5) is 24.5. The maximum Gasteiger partial charge on any atom is 0.306 e. The molecule has 0 bridgehead atoms. The SMILES string of the molecule is CC/C=C\C/C=C\C/C=C\C/C=C\C/C=C\CCCCCCCCCCCCCC(=O)OC(CO)COC(=O)CCCCCCCCCCC/C=C\C/C=C\CCCCCCC. The molecule has 0 fully saturated rings. The summed E-state index contributed by atoms with van der Waals surface area (Å²) in [7, 11) is 0. The summed E-state index contributed by atoms with van der Waals surface area (Å²) in [5, 5.41) is 9.64. The first-order valence-electron chi connectivity index (χ1n) is 26.1. The van der Waals surface area contributed by atoms with Crippen molar-refractivity contribution in [1.29, 1.82) is 0 Å². The second-order valence-corrected chi connectivity index (χ2v) is 17.2. The van der Waals surface area contributed by atoms with Crippen LogP contribution < -0.4 is 0 Å². The number of allylic oxidation sites excluding steroid dienone is 14. The van der Waals surface area contributed by atoms with Gasteiger partial charge in [0.1, 0.15) is 6.61 Å². The minimum absolute atomic E-state index is 0.0720. The van der Waals surface area contributed by atoms with Gasteiger partial charge < -0.3 is 14.6 Å². The smallest absolute Gasteiger partial charge is 0.306 e. The molecule has 0 amide bonds. The number of carbonyl (C=O) groups is 2. The van der Waals surface area contributed by atoms with Crippen LogP contribution in [0.3, 0.4) is 0 Å². The van der Waals surface area contributed by atoms with Crippen LogP contribution >= 0.6 is 0 Å².